The van der Waals surface area contributed by atoms with Gasteiger partial charge in [-0.1, -0.05) is 0 Å². The van der Waals surface area contributed by atoms with Gasteiger partial charge in [0.05, 0.1) is 0 Å². The summed E-state index contributed by atoms with van der Waals surface area (Å²) in [5.41, 5.74) is -4.12. The molecule has 0 aliphatic rings. The Hall–Kier alpha value is -2.66. The van der Waals surface area contributed by atoms with Gasteiger partial charge < -0.3 is 5.32 Å². The molecule has 2 N–H and O–H groups in total. The Morgan fingerprint density at radius 1 is 0.957 bits per heavy atom. The fraction of sp³-hybridized carbons (Fsp3) is 0.0909. The summed E-state index contributed by atoms with van der Waals surface area (Å²) >= 11 is 0. The highest BCUT2D eigenvalue weighted by atomic mass is 19.4. The van der Waals surface area contributed by atoms with Gasteiger partial charge in [-0.05, 0) is 0 Å². The molecule has 0 unspecified atom stereocenters. The van der Waals surface area contributed by atoms with E-state index in [9.17, 15) is 39.9 Å². The van der Waals surface area contributed by atoms with Crippen LogP contribution in [0.5, 0.6) is 0 Å². The third-order valence-electron chi connectivity index (χ3n) is 2.56. The SMILES string of the molecule is O=C(Nc1c(F)c(F)c(F)c(F)c1F)c1cc(C(F)(F)F)[nH]n1. The maximum Gasteiger partial charge on any atom is 0.432 e. The standard InChI is InChI=1S/C11H3F8N3O/c12-4-5(13)7(15)9(8(16)6(4)14)20-10(23)2-1-3(22-21-2)11(17,18)19/h1H,(H,20,23)(H,21,22). The van der Waals surface area contributed by atoms with Crippen molar-refractivity contribution >= 4 is 11.6 Å². The van der Waals surface area contributed by atoms with Crippen LogP contribution < -0.4 is 5.32 Å². The molecule has 12 heteroatoms. The summed E-state index contributed by atoms with van der Waals surface area (Å²) in [5, 5.41) is 5.66. The molecule has 23 heavy (non-hydrogen) atoms. The summed E-state index contributed by atoms with van der Waals surface area (Å²) in [4.78, 5) is 11.5. The number of aromatic amines is 1. The number of halogens is 8. The van der Waals surface area contributed by atoms with Crippen molar-refractivity contribution in [1.82, 2.24) is 10.2 Å². The molecular formula is C11H3F8N3O. The van der Waals surface area contributed by atoms with Gasteiger partial charge >= 0.3 is 6.18 Å². The molecule has 2 rings (SSSR count). The van der Waals surface area contributed by atoms with E-state index in [-0.39, 0.29) is 6.07 Å². The number of benzene rings is 1. The van der Waals surface area contributed by atoms with E-state index in [4.69, 9.17) is 0 Å². The number of anilines is 1. The molecule has 1 heterocycles. The first-order valence-corrected chi connectivity index (χ1v) is 5.49. The van der Waals surface area contributed by atoms with Crippen LogP contribution >= 0.6 is 0 Å². The fourth-order valence-electron chi connectivity index (χ4n) is 1.48. The highest BCUT2D eigenvalue weighted by molar-refractivity contribution is 6.03. The van der Waals surface area contributed by atoms with Crippen LogP contribution in [0.4, 0.5) is 40.8 Å². The van der Waals surface area contributed by atoms with E-state index >= 15 is 0 Å². The molecule has 1 amide bonds. The first-order chi connectivity index (χ1) is 10.5. The summed E-state index contributed by atoms with van der Waals surface area (Å²) in [6.07, 6.45) is -4.88. The van der Waals surface area contributed by atoms with Crippen molar-refractivity contribution in [2.24, 2.45) is 0 Å². The van der Waals surface area contributed by atoms with Gasteiger partial charge in [0, 0.05) is 6.07 Å². The lowest BCUT2D eigenvalue weighted by molar-refractivity contribution is -0.141. The van der Waals surface area contributed by atoms with Gasteiger partial charge in [-0.25, -0.2) is 22.0 Å². The molecular weight excluding hydrogens is 342 g/mol. The number of carbonyl (C=O) groups excluding carboxylic acids is 1. The number of hydrogen-bond donors (Lipinski definition) is 2. The zero-order valence-electron chi connectivity index (χ0n) is 10.5. The predicted octanol–water partition coefficient (Wildman–Crippen LogP) is 3.38. The van der Waals surface area contributed by atoms with Crippen molar-refractivity contribution in [1.29, 1.82) is 0 Å². The topological polar surface area (TPSA) is 57.8 Å². The molecule has 2 aromatic rings. The maximum absolute atomic E-state index is 13.3. The Labute approximate surface area is 121 Å². The molecule has 0 radical (unpaired) electrons. The third-order valence-corrected chi connectivity index (χ3v) is 2.56. The smallest absolute Gasteiger partial charge is 0.315 e. The lowest BCUT2D eigenvalue weighted by atomic mass is 10.2. The van der Waals surface area contributed by atoms with E-state index in [0.717, 1.165) is 0 Å². The van der Waals surface area contributed by atoms with Crippen molar-refractivity contribution in [3.05, 3.63) is 46.5 Å². The van der Waals surface area contributed by atoms with Gasteiger partial charge in [0.15, 0.2) is 29.0 Å². The van der Waals surface area contributed by atoms with Gasteiger partial charge in [0.1, 0.15) is 11.4 Å². The summed E-state index contributed by atoms with van der Waals surface area (Å²) in [6.45, 7) is 0. The van der Waals surface area contributed by atoms with Crippen molar-refractivity contribution in [2.75, 3.05) is 5.32 Å². The van der Waals surface area contributed by atoms with Gasteiger partial charge in [-0.2, -0.15) is 18.3 Å². The number of amides is 1. The highest BCUT2D eigenvalue weighted by Crippen LogP contribution is 2.29. The summed E-state index contributed by atoms with van der Waals surface area (Å²) in [5.74, 6) is -13.4. The van der Waals surface area contributed by atoms with E-state index in [1.165, 1.54) is 10.4 Å². The van der Waals surface area contributed by atoms with Crippen LogP contribution in [0.1, 0.15) is 16.2 Å². The molecule has 0 aliphatic heterocycles. The van der Waals surface area contributed by atoms with Crippen molar-refractivity contribution in [3.63, 3.8) is 0 Å². The molecule has 0 saturated carbocycles. The number of nitrogens with zero attached hydrogens (tertiary/aromatic N) is 1. The largest absolute Gasteiger partial charge is 0.432 e. The number of aromatic nitrogens is 2. The molecule has 1 aromatic heterocycles. The van der Waals surface area contributed by atoms with E-state index in [1.807, 2.05) is 0 Å². The maximum atomic E-state index is 13.3. The lowest BCUT2D eigenvalue weighted by Crippen LogP contribution is -2.17. The average Bonchev–Trinajstić information content (AvgIpc) is 2.97. The zero-order valence-corrected chi connectivity index (χ0v) is 10.5. The number of rotatable bonds is 2. The van der Waals surface area contributed by atoms with E-state index < -0.39 is 58.2 Å². The second-order valence-corrected chi connectivity index (χ2v) is 4.06. The number of nitrogens with one attached hydrogen (secondary N) is 2. The minimum absolute atomic E-state index is 0.196. The van der Waals surface area contributed by atoms with Crippen LogP contribution in [0.15, 0.2) is 6.07 Å². The number of alkyl halides is 3. The monoisotopic (exact) mass is 345 g/mol. The van der Waals surface area contributed by atoms with Crippen molar-refractivity contribution in [2.45, 2.75) is 6.18 Å². The molecule has 0 aliphatic carbocycles. The second kappa shape index (κ2) is 5.52. The minimum Gasteiger partial charge on any atom is -0.315 e. The van der Waals surface area contributed by atoms with Crippen LogP contribution in [0, 0.1) is 29.1 Å². The predicted molar refractivity (Wildman–Crippen MR) is 57.8 cm³/mol. The Bertz CT molecular complexity index is 753. The number of H-pyrrole nitrogens is 1. The molecule has 1 aromatic carbocycles. The Balaban J connectivity index is 2.37. The van der Waals surface area contributed by atoms with Crippen LogP contribution in [0.3, 0.4) is 0 Å². The van der Waals surface area contributed by atoms with Crippen molar-refractivity contribution in [3.8, 4) is 0 Å². The molecule has 124 valence electrons. The van der Waals surface area contributed by atoms with Crippen molar-refractivity contribution < 1.29 is 39.9 Å². The second-order valence-electron chi connectivity index (χ2n) is 4.06. The van der Waals surface area contributed by atoms with Crippen LogP contribution in [-0.4, -0.2) is 16.1 Å². The summed E-state index contributed by atoms with van der Waals surface area (Å²) in [6, 6.07) is 0.196. The summed E-state index contributed by atoms with van der Waals surface area (Å²) < 4.78 is 102. The first kappa shape index (κ1) is 16.7. The normalized spacial score (nSPS) is 11.7. The fourth-order valence-corrected chi connectivity index (χ4v) is 1.48. The highest BCUT2D eigenvalue weighted by Gasteiger charge is 2.34. The van der Waals surface area contributed by atoms with E-state index in [1.54, 1.807) is 0 Å². The van der Waals surface area contributed by atoms with Crippen LogP contribution in [0.2, 0.25) is 0 Å². The number of hydrogen-bond acceptors (Lipinski definition) is 2. The van der Waals surface area contributed by atoms with Gasteiger partial charge in [-0.3, -0.25) is 9.89 Å². The molecule has 0 bridgehead atoms. The molecule has 4 nitrogen and oxygen atoms in total. The Kier molecular flexibility index (Phi) is 4.01. The average molecular weight is 345 g/mol. The van der Waals surface area contributed by atoms with E-state index in [2.05, 4.69) is 5.10 Å². The zero-order chi connectivity index (χ0) is 17.5. The number of carbonyl (C=O) groups is 1. The van der Waals surface area contributed by atoms with E-state index in [0.29, 0.717) is 0 Å². The lowest BCUT2D eigenvalue weighted by Gasteiger charge is -2.08. The van der Waals surface area contributed by atoms with Gasteiger partial charge in [0.2, 0.25) is 5.82 Å². The summed E-state index contributed by atoms with van der Waals surface area (Å²) in [7, 11) is 0. The minimum atomic E-state index is -4.88. The van der Waals surface area contributed by atoms with Crippen LogP contribution in [0.25, 0.3) is 0 Å². The molecule has 0 spiro atoms. The Morgan fingerprint density at radius 3 is 1.87 bits per heavy atom. The quantitative estimate of drug-likeness (QED) is 0.498. The third kappa shape index (κ3) is 2.96. The van der Waals surface area contributed by atoms with Gasteiger partial charge in [0.25, 0.3) is 5.91 Å². The molecule has 0 atom stereocenters. The molecule has 0 fully saturated rings. The molecule has 0 saturated heterocycles. The first-order valence-electron chi connectivity index (χ1n) is 5.49. The Morgan fingerprint density at radius 2 is 1.43 bits per heavy atom. The van der Waals surface area contributed by atoms with Gasteiger partial charge in [-0.15, -0.1) is 0 Å². The van der Waals surface area contributed by atoms with Crippen LogP contribution in [-0.2, 0) is 6.18 Å².